The van der Waals surface area contributed by atoms with Gasteiger partial charge in [0.25, 0.3) is 0 Å². The van der Waals surface area contributed by atoms with Crippen LogP contribution in [-0.4, -0.2) is 17.0 Å². The Hall–Kier alpha value is -1.32. The number of aromatic nitrogens is 2. The predicted molar refractivity (Wildman–Crippen MR) is 75.8 cm³/mol. The minimum atomic E-state index is 0.303. The van der Waals surface area contributed by atoms with Gasteiger partial charge in [0.2, 0.25) is 5.95 Å². The molecule has 4 heteroatoms. The summed E-state index contributed by atoms with van der Waals surface area (Å²) in [6.07, 6.45) is 8.33. The van der Waals surface area contributed by atoms with Crippen LogP contribution in [0.1, 0.15) is 44.2 Å². The third-order valence-electron chi connectivity index (χ3n) is 5.55. The lowest BCUT2D eigenvalue weighted by molar-refractivity contribution is -0.00716. The number of nitrogen functional groups attached to an aromatic ring is 1. The molecule has 1 aromatic rings. The summed E-state index contributed by atoms with van der Waals surface area (Å²) in [5.41, 5.74) is 7.46. The van der Waals surface area contributed by atoms with Gasteiger partial charge < -0.3 is 11.1 Å². The van der Waals surface area contributed by atoms with Gasteiger partial charge in [-0.05, 0) is 56.3 Å². The number of nitrogens with one attached hydrogen (secondary N) is 1. The van der Waals surface area contributed by atoms with Gasteiger partial charge in [0, 0.05) is 18.5 Å². The molecule has 0 unspecified atom stereocenters. The minimum absolute atomic E-state index is 0.303. The van der Waals surface area contributed by atoms with Crippen LogP contribution in [0.5, 0.6) is 0 Å². The molecule has 0 aliphatic heterocycles. The molecule has 1 heterocycles. The summed E-state index contributed by atoms with van der Waals surface area (Å²) >= 11 is 0. The summed E-state index contributed by atoms with van der Waals surface area (Å²) in [5.74, 6) is 4.07. The number of hydrogen-bond donors (Lipinski definition) is 2. The van der Waals surface area contributed by atoms with Crippen molar-refractivity contribution in [1.82, 2.24) is 9.97 Å². The van der Waals surface area contributed by atoms with Gasteiger partial charge in [-0.1, -0.05) is 0 Å². The van der Waals surface area contributed by atoms with Crippen LogP contribution in [0.25, 0.3) is 0 Å². The van der Waals surface area contributed by atoms with Gasteiger partial charge in [0.05, 0.1) is 5.69 Å². The van der Waals surface area contributed by atoms with Crippen LogP contribution in [-0.2, 0) is 5.41 Å². The second kappa shape index (κ2) is 3.84. The van der Waals surface area contributed by atoms with Crippen LogP contribution < -0.4 is 11.1 Å². The molecule has 102 valence electrons. The molecule has 0 saturated heterocycles. The molecule has 3 N–H and O–H groups in total. The number of rotatable bonds is 2. The van der Waals surface area contributed by atoms with Crippen LogP contribution in [0.2, 0.25) is 0 Å². The van der Waals surface area contributed by atoms with E-state index in [1.807, 2.05) is 13.1 Å². The van der Waals surface area contributed by atoms with E-state index in [2.05, 4.69) is 10.3 Å². The summed E-state index contributed by atoms with van der Waals surface area (Å²) in [6.45, 7) is 0. The maximum Gasteiger partial charge on any atom is 0.224 e. The molecule has 0 spiro atoms. The molecule has 4 nitrogen and oxygen atoms in total. The van der Waals surface area contributed by atoms with Crippen molar-refractivity contribution < 1.29 is 0 Å². The largest absolute Gasteiger partial charge is 0.384 e. The maximum absolute atomic E-state index is 5.96. The van der Waals surface area contributed by atoms with Gasteiger partial charge >= 0.3 is 0 Å². The predicted octanol–water partition coefficient (Wildman–Crippen LogP) is 2.57. The van der Waals surface area contributed by atoms with E-state index in [-0.39, 0.29) is 0 Å². The van der Waals surface area contributed by atoms with Crippen molar-refractivity contribution in [3.63, 3.8) is 0 Å². The third kappa shape index (κ3) is 1.72. The Labute approximate surface area is 114 Å². The van der Waals surface area contributed by atoms with Crippen molar-refractivity contribution in [2.75, 3.05) is 18.1 Å². The fourth-order valence-corrected chi connectivity index (χ4v) is 5.27. The monoisotopic (exact) mass is 258 g/mol. The lowest BCUT2D eigenvalue weighted by Crippen LogP contribution is -2.49. The smallest absolute Gasteiger partial charge is 0.224 e. The Kier molecular flexibility index (Phi) is 2.32. The Morgan fingerprint density at radius 3 is 2.21 bits per heavy atom. The lowest BCUT2D eigenvalue weighted by Gasteiger charge is -2.56. The molecule has 4 saturated carbocycles. The van der Waals surface area contributed by atoms with E-state index in [1.165, 1.54) is 44.2 Å². The van der Waals surface area contributed by atoms with Crippen molar-refractivity contribution in [1.29, 1.82) is 0 Å². The Morgan fingerprint density at radius 2 is 1.68 bits per heavy atom. The van der Waals surface area contributed by atoms with E-state index in [9.17, 15) is 0 Å². The van der Waals surface area contributed by atoms with Crippen molar-refractivity contribution in [3.8, 4) is 0 Å². The first-order valence-electron chi connectivity index (χ1n) is 7.50. The first-order valence-corrected chi connectivity index (χ1v) is 7.50. The Balaban J connectivity index is 1.77. The molecule has 4 fully saturated rings. The average molecular weight is 258 g/mol. The summed E-state index contributed by atoms with van der Waals surface area (Å²) in [4.78, 5) is 8.98. The van der Waals surface area contributed by atoms with E-state index in [0.29, 0.717) is 17.2 Å². The highest BCUT2D eigenvalue weighted by Gasteiger charge is 2.52. The van der Waals surface area contributed by atoms with Gasteiger partial charge in [-0.25, -0.2) is 4.98 Å². The molecule has 0 aromatic carbocycles. The summed E-state index contributed by atoms with van der Waals surface area (Å²) in [6, 6.07) is 2.02. The zero-order chi connectivity index (χ0) is 13.0. The standard InChI is InChI=1S/C15H22N4/c1-17-14-18-12(5-13(16)19-14)15-6-9-2-10(7-15)4-11(3-9)8-15/h5,9-11H,2-4,6-8H2,1H3,(H3,16,17,18,19). The minimum Gasteiger partial charge on any atom is -0.384 e. The number of hydrogen-bond acceptors (Lipinski definition) is 4. The van der Waals surface area contributed by atoms with Crippen LogP contribution in [0, 0.1) is 17.8 Å². The molecule has 0 amide bonds. The quantitative estimate of drug-likeness (QED) is 0.855. The fourth-order valence-electron chi connectivity index (χ4n) is 5.27. The lowest BCUT2D eigenvalue weighted by atomic mass is 9.49. The van der Waals surface area contributed by atoms with Crippen LogP contribution in [0.15, 0.2) is 6.07 Å². The molecule has 5 rings (SSSR count). The van der Waals surface area contributed by atoms with Crippen molar-refractivity contribution in [2.45, 2.75) is 43.9 Å². The van der Waals surface area contributed by atoms with Gasteiger partial charge in [-0.3, -0.25) is 0 Å². The first-order chi connectivity index (χ1) is 9.17. The number of nitrogens with two attached hydrogens (primary N) is 1. The Morgan fingerprint density at radius 1 is 1.11 bits per heavy atom. The van der Waals surface area contributed by atoms with Gasteiger partial charge in [-0.2, -0.15) is 4.98 Å². The van der Waals surface area contributed by atoms with E-state index in [4.69, 9.17) is 10.7 Å². The van der Waals surface area contributed by atoms with Crippen molar-refractivity contribution in [2.24, 2.45) is 17.8 Å². The first kappa shape index (κ1) is 11.5. The number of anilines is 2. The van der Waals surface area contributed by atoms with Crippen LogP contribution in [0.3, 0.4) is 0 Å². The number of nitrogens with zero attached hydrogens (tertiary/aromatic N) is 2. The second-order valence-corrected chi connectivity index (χ2v) is 6.95. The second-order valence-electron chi connectivity index (χ2n) is 6.95. The molecule has 4 bridgehead atoms. The van der Waals surface area contributed by atoms with Crippen LogP contribution >= 0.6 is 0 Å². The Bertz CT molecular complexity index is 476. The average Bonchev–Trinajstić information content (AvgIpc) is 2.36. The van der Waals surface area contributed by atoms with Gasteiger partial charge in [-0.15, -0.1) is 0 Å². The highest BCUT2D eigenvalue weighted by Crippen LogP contribution is 2.60. The molecular formula is C15H22N4. The topological polar surface area (TPSA) is 63.8 Å². The summed E-state index contributed by atoms with van der Waals surface area (Å²) in [7, 11) is 1.86. The summed E-state index contributed by atoms with van der Waals surface area (Å²) < 4.78 is 0. The molecule has 19 heavy (non-hydrogen) atoms. The van der Waals surface area contributed by atoms with Gasteiger partial charge in [0.15, 0.2) is 0 Å². The summed E-state index contributed by atoms with van der Waals surface area (Å²) in [5, 5.41) is 3.04. The third-order valence-corrected chi connectivity index (χ3v) is 5.55. The molecular weight excluding hydrogens is 236 g/mol. The van der Waals surface area contributed by atoms with E-state index < -0.39 is 0 Å². The molecule has 0 radical (unpaired) electrons. The highest BCUT2D eigenvalue weighted by atomic mass is 15.1. The molecule has 1 aromatic heterocycles. The molecule has 0 atom stereocenters. The highest BCUT2D eigenvalue weighted by molar-refractivity contribution is 5.41. The van der Waals surface area contributed by atoms with E-state index in [0.717, 1.165) is 17.8 Å². The SMILES string of the molecule is CNc1nc(N)cc(C23CC4CC(CC(C4)C2)C3)n1. The maximum atomic E-state index is 5.96. The van der Waals surface area contributed by atoms with E-state index in [1.54, 1.807) is 0 Å². The van der Waals surface area contributed by atoms with Crippen molar-refractivity contribution in [3.05, 3.63) is 11.8 Å². The van der Waals surface area contributed by atoms with E-state index >= 15 is 0 Å². The fraction of sp³-hybridized carbons (Fsp3) is 0.733. The normalized spacial score (nSPS) is 39.5. The molecule has 4 aliphatic rings. The van der Waals surface area contributed by atoms with Gasteiger partial charge in [0.1, 0.15) is 5.82 Å². The van der Waals surface area contributed by atoms with Crippen LogP contribution in [0.4, 0.5) is 11.8 Å². The molecule has 4 aliphatic carbocycles. The zero-order valence-electron chi connectivity index (χ0n) is 11.5. The van der Waals surface area contributed by atoms with Crippen molar-refractivity contribution >= 4 is 11.8 Å². The zero-order valence-corrected chi connectivity index (χ0v) is 11.5.